The van der Waals surface area contributed by atoms with Crippen molar-refractivity contribution in [3.8, 4) is 0 Å². The summed E-state index contributed by atoms with van der Waals surface area (Å²) in [6, 6.07) is 8.12. The van der Waals surface area contributed by atoms with E-state index in [2.05, 4.69) is 24.2 Å². The van der Waals surface area contributed by atoms with Crippen LogP contribution >= 0.6 is 0 Å². The Morgan fingerprint density at radius 3 is 1.81 bits per heavy atom. The molecule has 0 amide bonds. The fourth-order valence-electron chi connectivity index (χ4n) is 1.84. The molecule has 0 spiro atoms. The molecule has 0 aliphatic heterocycles. The number of hydrogen-bond acceptors (Lipinski definition) is 5. The van der Waals surface area contributed by atoms with Gasteiger partial charge in [0.2, 0.25) is 0 Å². The van der Waals surface area contributed by atoms with Crippen LogP contribution in [0.25, 0.3) is 0 Å². The van der Waals surface area contributed by atoms with Gasteiger partial charge in [-0.15, -0.1) is 0 Å². The van der Waals surface area contributed by atoms with Crippen molar-refractivity contribution < 1.29 is 22.0 Å². The van der Waals surface area contributed by atoms with E-state index < -0.39 is 18.4 Å². The lowest BCUT2D eigenvalue weighted by Gasteiger charge is -2.29. The van der Waals surface area contributed by atoms with E-state index in [1.807, 2.05) is 39.0 Å². The SMILES string of the molecule is CCO[Si](OCC)(OCC)c1ccccc1C.O=[SH](O)=S. The molecule has 5 nitrogen and oxygen atoms in total. The Labute approximate surface area is 134 Å². The van der Waals surface area contributed by atoms with Crippen LogP contribution in [0.3, 0.4) is 0 Å². The van der Waals surface area contributed by atoms with Crippen LogP contribution in [-0.4, -0.2) is 37.4 Å². The van der Waals surface area contributed by atoms with E-state index in [0.29, 0.717) is 19.8 Å². The summed E-state index contributed by atoms with van der Waals surface area (Å²) in [6.45, 7) is 9.77. The third-order valence-electron chi connectivity index (χ3n) is 2.48. The van der Waals surface area contributed by atoms with Gasteiger partial charge in [0.25, 0.3) is 0 Å². The molecule has 0 radical (unpaired) electrons. The second-order valence-corrected chi connectivity index (χ2v) is 7.84. The minimum atomic E-state index is -2.72. The van der Waals surface area contributed by atoms with Crippen LogP contribution in [0.15, 0.2) is 24.3 Å². The molecule has 1 rings (SSSR count). The van der Waals surface area contributed by atoms with Crippen molar-refractivity contribution in [2.45, 2.75) is 27.7 Å². The van der Waals surface area contributed by atoms with E-state index >= 15 is 0 Å². The summed E-state index contributed by atoms with van der Waals surface area (Å²) in [6.07, 6.45) is 0. The van der Waals surface area contributed by atoms with Crippen molar-refractivity contribution in [3.05, 3.63) is 29.8 Å². The topological polar surface area (TPSA) is 65.0 Å². The summed E-state index contributed by atoms with van der Waals surface area (Å²) >= 11 is 3.69. The molecular weight excluding hydrogens is 328 g/mol. The van der Waals surface area contributed by atoms with E-state index in [1.165, 1.54) is 0 Å². The molecule has 0 fully saturated rings. The molecular formula is C13H24O5S2Si. The van der Waals surface area contributed by atoms with Crippen LogP contribution < -0.4 is 5.19 Å². The summed E-state index contributed by atoms with van der Waals surface area (Å²) in [7, 11) is -5.00. The maximum absolute atomic E-state index is 8.96. The van der Waals surface area contributed by atoms with E-state index in [-0.39, 0.29) is 0 Å². The van der Waals surface area contributed by atoms with E-state index in [9.17, 15) is 0 Å². The Balaban J connectivity index is 0.000000885. The van der Waals surface area contributed by atoms with Crippen LogP contribution in [0.5, 0.6) is 0 Å². The summed E-state index contributed by atoms with van der Waals surface area (Å²) in [4.78, 5) is 0. The second kappa shape index (κ2) is 11.2. The highest BCUT2D eigenvalue weighted by atomic mass is 32.8. The molecule has 1 aromatic carbocycles. The van der Waals surface area contributed by atoms with E-state index in [4.69, 9.17) is 22.0 Å². The van der Waals surface area contributed by atoms with Crippen LogP contribution in [0.2, 0.25) is 0 Å². The number of benzene rings is 1. The molecule has 0 aliphatic rings. The maximum atomic E-state index is 8.96. The fourth-order valence-corrected chi connectivity index (χ4v) is 4.57. The first kappa shape index (κ1) is 20.6. The Morgan fingerprint density at radius 2 is 1.48 bits per heavy atom. The van der Waals surface area contributed by atoms with Crippen LogP contribution in [0.4, 0.5) is 0 Å². The molecule has 21 heavy (non-hydrogen) atoms. The van der Waals surface area contributed by atoms with Crippen molar-refractivity contribution in [1.82, 2.24) is 0 Å². The quantitative estimate of drug-likeness (QED) is 0.575. The highest BCUT2D eigenvalue weighted by molar-refractivity contribution is 8.18. The predicted octanol–water partition coefficient (Wildman–Crippen LogP) is 1.65. The van der Waals surface area contributed by atoms with Crippen molar-refractivity contribution in [2.24, 2.45) is 0 Å². The first-order valence-corrected chi connectivity index (χ1v) is 10.7. The molecule has 1 aromatic rings. The average Bonchev–Trinajstić information content (AvgIpc) is 2.39. The molecule has 0 aliphatic carbocycles. The van der Waals surface area contributed by atoms with E-state index in [0.717, 1.165) is 10.8 Å². The average molecular weight is 353 g/mol. The van der Waals surface area contributed by atoms with Crippen molar-refractivity contribution in [3.63, 3.8) is 0 Å². The molecule has 0 bridgehead atoms. The lowest BCUT2D eigenvalue weighted by atomic mass is 10.2. The first-order valence-electron chi connectivity index (χ1n) is 6.74. The molecule has 8 heteroatoms. The smallest absolute Gasteiger partial charge is 0.370 e. The summed E-state index contributed by atoms with van der Waals surface area (Å²) in [5.74, 6) is 0. The molecule has 0 saturated carbocycles. The zero-order chi connectivity index (χ0) is 16.3. The standard InChI is InChI=1S/C13H22O3Si.H2O2S2/c1-5-14-17(15-6-2,16-7-3)13-11-9-8-10-12(13)4;1-4(2)3/h8-11H,5-7H2,1-4H3;4H,(H,1,2,3). The Hall–Kier alpha value is -0.353. The van der Waals surface area contributed by atoms with Gasteiger partial charge >= 0.3 is 8.80 Å². The third kappa shape index (κ3) is 7.46. The number of aryl methyl sites for hydroxylation is 1. The zero-order valence-corrected chi connectivity index (χ0v) is 15.6. The normalized spacial score (nSPS) is 12.4. The molecule has 122 valence electrons. The van der Waals surface area contributed by atoms with Gasteiger partial charge in [-0.25, -0.2) is 4.21 Å². The van der Waals surface area contributed by atoms with Gasteiger partial charge in [0.15, 0.2) is 0 Å². The Bertz CT molecular complexity index is 454. The minimum absolute atomic E-state index is 0.598. The Kier molecular flexibility index (Phi) is 11.1. The van der Waals surface area contributed by atoms with Gasteiger partial charge in [-0.05, 0) is 33.3 Å². The third-order valence-corrected chi connectivity index (χ3v) is 5.70. The highest BCUT2D eigenvalue weighted by Gasteiger charge is 2.44. The predicted molar refractivity (Wildman–Crippen MR) is 91.0 cm³/mol. The van der Waals surface area contributed by atoms with Gasteiger partial charge in [-0.1, -0.05) is 24.3 Å². The maximum Gasteiger partial charge on any atom is 0.537 e. The largest absolute Gasteiger partial charge is 0.537 e. The number of hydrogen-bond donors (Lipinski definition) is 2. The highest BCUT2D eigenvalue weighted by Crippen LogP contribution is 2.13. The monoisotopic (exact) mass is 352 g/mol. The molecule has 1 atom stereocenters. The van der Waals surface area contributed by atoms with Gasteiger partial charge in [-0.3, -0.25) is 0 Å². The van der Waals surface area contributed by atoms with Crippen molar-refractivity contribution in [2.75, 3.05) is 19.8 Å². The minimum Gasteiger partial charge on any atom is -0.370 e. The number of rotatable bonds is 7. The van der Waals surface area contributed by atoms with Crippen LogP contribution in [0.1, 0.15) is 26.3 Å². The molecule has 0 heterocycles. The lowest BCUT2D eigenvalue weighted by molar-refractivity contribution is 0.0858. The van der Waals surface area contributed by atoms with Crippen LogP contribution in [-0.2, 0) is 34.1 Å². The zero-order valence-electron chi connectivity index (χ0n) is 12.9. The molecule has 1 unspecified atom stereocenters. The van der Waals surface area contributed by atoms with Gasteiger partial charge in [0.05, 0.1) is 0 Å². The molecule has 1 N–H and O–H groups in total. The van der Waals surface area contributed by atoms with Crippen molar-refractivity contribution >= 4 is 34.8 Å². The van der Waals surface area contributed by atoms with Gasteiger partial charge < -0.3 is 17.8 Å². The van der Waals surface area contributed by atoms with E-state index in [1.54, 1.807) is 0 Å². The molecule has 0 aromatic heterocycles. The first-order chi connectivity index (χ1) is 9.93. The summed E-state index contributed by atoms with van der Waals surface area (Å²) in [5.41, 5.74) is 1.16. The summed E-state index contributed by atoms with van der Waals surface area (Å²) in [5, 5.41) is 1.07. The number of thiol groups is 1. The van der Waals surface area contributed by atoms with Gasteiger partial charge in [0, 0.05) is 36.2 Å². The fraction of sp³-hybridized carbons (Fsp3) is 0.538. The van der Waals surface area contributed by atoms with Crippen molar-refractivity contribution in [1.29, 1.82) is 0 Å². The van der Waals surface area contributed by atoms with Crippen LogP contribution in [0, 0.1) is 6.92 Å². The lowest BCUT2D eigenvalue weighted by Crippen LogP contribution is -2.57. The summed E-state index contributed by atoms with van der Waals surface area (Å²) < 4.78 is 34.0. The molecule has 0 saturated heterocycles. The van der Waals surface area contributed by atoms with Gasteiger partial charge in [-0.2, -0.15) is 0 Å². The van der Waals surface area contributed by atoms with Gasteiger partial charge in [0.1, 0.15) is 9.64 Å². The Morgan fingerprint density at radius 1 is 1.10 bits per heavy atom. The second-order valence-electron chi connectivity index (χ2n) is 3.91.